The highest BCUT2D eigenvalue weighted by atomic mass is 79.9. The van der Waals surface area contributed by atoms with Crippen LogP contribution < -0.4 is 5.32 Å². The third-order valence-corrected chi connectivity index (χ3v) is 5.08. The van der Waals surface area contributed by atoms with Gasteiger partial charge in [0, 0.05) is 16.6 Å². The molecule has 1 rings (SSSR count). The van der Waals surface area contributed by atoms with E-state index in [0.29, 0.717) is 11.4 Å². The fourth-order valence-corrected chi connectivity index (χ4v) is 3.42. The molecule has 0 spiro atoms. The number of hydrogen-bond donors (Lipinski definition) is 1. The molecular formula is C15H23BrN2O3S. The lowest BCUT2D eigenvalue weighted by Gasteiger charge is -2.23. The first-order valence-corrected chi connectivity index (χ1v) is 9.42. The van der Waals surface area contributed by atoms with Crippen molar-refractivity contribution in [1.29, 1.82) is 0 Å². The standard InChI is InChI=1S/C15H23BrN2O3S/c1-15(2,3)17-14(19)11-18(4)9-10-22(20,21)13-7-5-12(16)6-8-13/h5-8H,9-11H2,1-4H3,(H,17,19). The number of rotatable bonds is 6. The number of benzene rings is 1. The minimum Gasteiger partial charge on any atom is -0.350 e. The highest BCUT2D eigenvalue weighted by Crippen LogP contribution is 2.15. The Kier molecular flexibility index (Phi) is 6.58. The second-order valence-electron chi connectivity index (χ2n) is 6.31. The van der Waals surface area contributed by atoms with Crippen molar-refractivity contribution in [3.63, 3.8) is 0 Å². The lowest BCUT2D eigenvalue weighted by atomic mass is 10.1. The largest absolute Gasteiger partial charge is 0.350 e. The van der Waals surface area contributed by atoms with Crippen molar-refractivity contribution in [2.75, 3.05) is 25.9 Å². The van der Waals surface area contributed by atoms with Crippen LogP contribution in [0.3, 0.4) is 0 Å². The second kappa shape index (κ2) is 7.57. The monoisotopic (exact) mass is 390 g/mol. The van der Waals surface area contributed by atoms with E-state index < -0.39 is 9.84 Å². The zero-order valence-corrected chi connectivity index (χ0v) is 15.8. The molecule has 0 radical (unpaired) electrons. The molecule has 0 saturated heterocycles. The Balaban J connectivity index is 2.54. The number of carbonyl (C=O) groups is 1. The molecule has 1 aromatic carbocycles. The quantitative estimate of drug-likeness (QED) is 0.806. The fraction of sp³-hybridized carbons (Fsp3) is 0.533. The first kappa shape index (κ1) is 19.1. The molecule has 22 heavy (non-hydrogen) atoms. The summed E-state index contributed by atoms with van der Waals surface area (Å²) in [7, 11) is -1.60. The van der Waals surface area contributed by atoms with Crippen LogP contribution >= 0.6 is 15.9 Å². The van der Waals surface area contributed by atoms with Crippen LogP contribution in [0.1, 0.15) is 20.8 Å². The Bertz CT molecular complexity index is 607. The molecule has 1 N–H and O–H groups in total. The summed E-state index contributed by atoms with van der Waals surface area (Å²) in [4.78, 5) is 13.8. The first-order chi connectivity index (χ1) is 9.99. The molecule has 0 aliphatic carbocycles. The summed E-state index contributed by atoms with van der Waals surface area (Å²) in [6.45, 7) is 6.19. The van der Waals surface area contributed by atoms with Crippen LogP contribution in [0.5, 0.6) is 0 Å². The number of nitrogens with one attached hydrogen (secondary N) is 1. The molecule has 0 aliphatic heterocycles. The number of hydrogen-bond acceptors (Lipinski definition) is 4. The van der Waals surface area contributed by atoms with E-state index in [9.17, 15) is 13.2 Å². The lowest BCUT2D eigenvalue weighted by molar-refractivity contribution is -0.123. The molecule has 0 unspecified atom stereocenters. The predicted octanol–water partition coefficient (Wildman–Crippen LogP) is 2.07. The summed E-state index contributed by atoms with van der Waals surface area (Å²) < 4.78 is 25.3. The van der Waals surface area contributed by atoms with Crippen molar-refractivity contribution < 1.29 is 13.2 Å². The van der Waals surface area contributed by atoms with Gasteiger partial charge in [0.2, 0.25) is 5.91 Å². The Morgan fingerprint density at radius 3 is 2.27 bits per heavy atom. The summed E-state index contributed by atoms with van der Waals surface area (Å²) >= 11 is 3.28. The zero-order chi connectivity index (χ0) is 17.0. The molecule has 0 aliphatic rings. The van der Waals surface area contributed by atoms with Crippen molar-refractivity contribution >= 4 is 31.7 Å². The van der Waals surface area contributed by atoms with E-state index >= 15 is 0 Å². The number of carbonyl (C=O) groups excluding carboxylic acids is 1. The number of halogens is 1. The normalized spacial score (nSPS) is 12.5. The SMILES string of the molecule is CN(CCS(=O)(=O)c1ccc(Br)cc1)CC(=O)NC(C)(C)C. The Morgan fingerprint density at radius 1 is 1.23 bits per heavy atom. The molecule has 0 bridgehead atoms. The van der Waals surface area contributed by atoms with E-state index in [4.69, 9.17) is 0 Å². The minimum absolute atomic E-state index is 0.0199. The summed E-state index contributed by atoms with van der Waals surface area (Å²) in [5, 5.41) is 2.85. The van der Waals surface area contributed by atoms with Crippen LogP contribution in [0.4, 0.5) is 0 Å². The van der Waals surface area contributed by atoms with Crippen molar-refractivity contribution in [2.24, 2.45) is 0 Å². The number of nitrogens with zero attached hydrogens (tertiary/aromatic N) is 1. The molecule has 1 aromatic rings. The van der Waals surface area contributed by atoms with Gasteiger partial charge in [-0.1, -0.05) is 15.9 Å². The van der Waals surface area contributed by atoms with Crippen molar-refractivity contribution in [2.45, 2.75) is 31.2 Å². The van der Waals surface area contributed by atoms with Crippen molar-refractivity contribution in [3.8, 4) is 0 Å². The maximum absolute atomic E-state index is 12.2. The molecular weight excluding hydrogens is 368 g/mol. The fourth-order valence-electron chi connectivity index (χ4n) is 1.82. The third-order valence-electron chi connectivity index (χ3n) is 2.84. The van der Waals surface area contributed by atoms with Crippen LogP contribution in [0.2, 0.25) is 0 Å². The van der Waals surface area contributed by atoms with Crippen molar-refractivity contribution in [1.82, 2.24) is 10.2 Å². The van der Waals surface area contributed by atoms with Gasteiger partial charge in [0.25, 0.3) is 0 Å². The van der Waals surface area contributed by atoms with E-state index in [1.165, 1.54) is 0 Å². The maximum Gasteiger partial charge on any atom is 0.234 e. The molecule has 124 valence electrons. The van der Waals surface area contributed by atoms with E-state index in [-0.39, 0.29) is 23.7 Å². The van der Waals surface area contributed by atoms with E-state index in [1.54, 1.807) is 36.2 Å². The lowest BCUT2D eigenvalue weighted by Crippen LogP contribution is -2.45. The number of amides is 1. The Morgan fingerprint density at radius 2 is 1.77 bits per heavy atom. The highest BCUT2D eigenvalue weighted by molar-refractivity contribution is 9.10. The Hall–Kier alpha value is -0.920. The van der Waals surface area contributed by atoms with Crippen molar-refractivity contribution in [3.05, 3.63) is 28.7 Å². The Labute approximate surface area is 141 Å². The van der Waals surface area contributed by atoms with Gasteiger partial charge in [-0.3, -0.25) is 9.69 Å². The maximum atomic E-state index is 12.2. The molecule has 0 heterocycles. The average Bonchev–Trinajstić information content (AvgIpc) is 2.34. The summed E-state index contributed by atoms with van der Waals surface area (Å²) in [6.07, 6.45) is 0. The number of sulfone groups is 1. The second-order valence-corrected chi connectivity index (χ2v) is 9.33. The number of likely N-dealkylation sites (N-methyl/N-ethyl adjacent to an activating group) is 1. The smallest absolute Gasteiger partial charge is 0.234 e. The van der Waals surface area contributed by atoms with Gasteiger partial charge < -0.3 is 5.32 Å². The van der Waals surface area contributed by atoms with Gasteiger partial charge in [-0.2, -0.15) is 0 Å². The van der Waals surface area contributed by atoms with Gasteiger partial charge in [-0.05, 0) is 52.1 Å². The molecule has 0 atom stereocenters. The first-order valence-electron chi connectivity index (χ1n) is 6.97. The zero-order valence-electron chi connectivity index (χ0n) is 13.4. The van der Waals surface area contributed by atoms with Gasteiger partial charge in [0.05, 0.1) is 17.2 Å². The predicted molar refractivity (Wildman–Crippen MR) is 91.6 cm³/mol. The van der Waals surface area contributed by atoms with Crippen LogP contribution in [-0.4, -0.2) is 50.7 Å². The van der Waals surface area contributed by atoms with E-state index in [0.717, 1.165) is 4.47 Å². The van der Waals surface area contributed by atoms with Gasteiger partial charge in [-0.25, -0.2) is 8.42 Å². The van der Waals surface area contributed by atoms with Gasteiger partial charge >= 0.3 is 0 Å². The summed E-state index contributed by atoms with van der Waals surface area (Å²) in [5.74, 6) is -0.135. The van der Waals surface area contributed by atoms with Gasteiger partial charge in [0.1, 0.15) is 0 Å². The average molecular weight is 391 g/mol. The topological polar surface area (TPSA) is 66.5 Å². The molecule has 0 aromatic heterocycles. The molecule has 5 nitrogen and oxygen atoms in total. The molecule has 0 fully saturated rings. The highest BCUT2D eigenvalue weighted by Gasteiger charge is 2.18. The van der Waals surface area contributed by atoms with Crippen LogP contribution in [0, 0.1) is 0 Å². The van der Waals surface area contributed by atoms with E-state index in [2.05, 4.69) is 21.2 Å². The van der Waals surface area contributed by atoms with Crippen LogP contribution in [0.25, 0.3) is 0 Å². The van der Waals surface area contributed by atoms with E-state index in [1.807, 2.05) is 20.8 Å². The minimum atomic E-state index is -3.34. The van der Waals surface area contributed by atoms with Crippen LogP contribution in [-0.2, 0) is 14.6 Å². The van der Waals surface area contributed by atoms with Gasteiger partial charge in [-0.15, -0.1) is 0 Å². The molecule has 1 amide bonds. The molecule has 0 saturated carbocycles. The van der Waals surface area contributed by atoms with Gasteiger partial charge in [0.15, 0.2) is 9.84 Å². The molecule has 7 heteroatoms. The summed E-state index contributed by atoms with van der Waals surface area (Å²) in [6, 6.07) is 6.55. The van der Waals surface area contributed by atoms with Crippen LogP contribution in [0.15, 0.2) is 33.6 Å². The summed E-state index contributed by atoms with van der Waals surface area (Å²) in [5.41, 5.74) is -0.290. The third kappa shape index (κ3) is 6.89.